The number of unbranched alkanes of at least 4 members (excludes halogenated alkanes) is 2. The molecule has 0 spiro atoms. The maximum Gasteiger partial charge on any atom is 0.216 e. The van der Waals surface area contributed by atoms with E-state index in [2.05, 4.69) is 29.4 Å². The maximum absolute atomic E-state index is 5.56. The second-order valence-electron chi connectivity index (χ2n) is 4.00. The molecule has 1 rings (SSSR count). The van der Waals surface area contributed by atoms with Crippen LogP contribution in [0.4, 0.5) is 0 Å². The molecular weight excluding hydrogens is 202 g/mol. The maximum atomic E-state index is 5.56. The first-order valence-corrected chi connectivity index (χ1v) is 6.38. The molecule has 0 aliphatic rings. The normalized spacial score (nSPS) is 10.9. The van der Waals surface area contributed by atoms with Crippen LogP contribution >= 0.6 is 0 Å². The van der Waals surface area contributed by atoms with Crippen LogP contribution in [0.15, 0.2) is 4.42 Å². The van der Waals surface area contributed by atoms with Gasteiger partial charge >= 0.3 is 0 Å². The van der Waals surface area contributed by atoms with Gasteiger partial charge in [-0.05, 0) is 25.9 Å². The Hall–Kier alpha value is -0.900. The van der Waals surface area contributed by atoms with Crippen LogP contribution in [0.25, 0.3) is 0 Å². The average Bonchev–Trinajstić information content (AvgIpc) is 2.73. The lowest BCUT2D eigenvalue weighted by Gasteiger charge is -1.97. The van der Waals surface area contributed by atoms with Crippen molar-refractivity contribution in [1.82, 2.24) is 15.5 Å². The highest BCUT2D eigenvalue weighted by Crippen LogP contribution is 2.07. The molecule has 4 heteroatoms. The van der Waals surface area contributed by atoms with Gasteiger partial charge in [0.25, 0.3) is 0 Å². The van der Waals surface area contributed by atoms with E-state index in [1.54, 1.807) is 0 Å². The number of aryl methyl sites for hydroxylation is 2. The van der Waals surface area contributed by atoms with Crippen LogP contribution in [0.1, 0.15) is 51.3 Å². The van der Waals surface area contributed by atoms with Crippen molar-refractivity contribution in [2.24, 2.45) is 0 Å². The summed E-state index contributed by atoms with van der Waals surface area (Å²) < 4.78 is 5.56. The SMILES string of the molecule is CCCCCc1nnc(CCCNCC)o1. The summed E-state index contributed by atoms with van der Waals surface area (Å²) in [6.45, 7) is 6.34. The number of aromatic nitrogens is 2. The number of nitrogens with zero attached hydrogens (tertiary/aromatic N) is 2. The van der Waals surface area contributed by atoms with Crippen molar-refractivity contribution >= 4 is 0 Å². The van der Waals surface area contributed by atoms with E-state index in [0.29, 0.717) is 0 Å². The van der Waals surface area contributed by atoms with Crippen LogP contribution in [0.5, 0.6) is 0 Å². The summed E-state index contributed by atoms with van der Waals surface area (Å²) in [4.78, 5) is 0. The van der Waals surface area contributed by atoms with E-state index < -0.39 is 0 Å². The Morgan fingerprint density at radius 2 is 1.69 bits per heavy atom. The molecule has 0 saturated heterocycles. The highest BCUT2D eigenvalue weighted by Gasteiger charge is 2.04. The summed E-state index contributed by atoms with van der Waals surface area (Å²) in [6.07, 6.45) is 6.48. The van der Waals surface area contributed by atoms with Crippen LogP contribution in [0.3, 0.4) is 0 Å². The summed E-state index contributed by atoms with van der Waals surface area (Å²) in [6, 6.07) is 0. The lowest BCUT2D eigenvalue weighted by atomic mass is 10.2. The highest BCUT2D eigenvalue weighted by atomic mass is 16.4. The first kappa shape index (κ1) is 13.2. The van der Waals surface area contributed by atoms with Gasteiger partial charge in [-0.3, -0.25) is 0 Å². The van der Waals surface area contributed by atoms with Crippen molar-refractivity contribution in [2.75, 3.05) is 13.1 Å². The zero-order valence-corrected chi connectivity index (χ0v) is 10.5. The summed E-state index contributed by atoms with van der Waals surface area (Å²) >= 11 is 0. The van der Waals surface area contributed by atoms with Crippen molar-refractivity contribution in [3.05, 3.63) is 11.8 Å². The Bertz CT molecular complexity index is 273. The molecule has 0 aliphatic carbocycles. The molecule has 0 unspecified atom stereocenters. The number of hydrogen-bond donors (Lipinski definition) is 1. The fourth-order valence-corrected chi connectivity index (χ4v) is 1.56. The predicted octanol–water partition coefficient (Wildman–Crippen LogP) is 2.34. The van der Waals surface area contributed by atoms with Crippen LogP contribution < -0.4 is 5.32 Å². The number of nitrogens with one attached hydrogen (secondary N) is 1. The molecule has 0 aromatic carbocycles. The first-order valence-electron chi connectivity index (χ1n) is 6.38. The number of rotatable bonds is 9. The van der Waals surface area contributed by atoms with E-state index in [9.17, 15) is 0 Å². The van der Waals surface area contributed by atoms with Gasteiger partial charge in [-0.25, -0.2) is 0 Å². The second-order valence-corrected chi connectivity index (χ2v) is 4.00. The van der Waals surface area contributed by atoms with Gasteiger partial charge in [-0.15, -0.1) is 10.2 Å². The van der Waals surface area contributed by atoms with Crippen molar-refractivity contribution in [1.29, 1.82) is 0 Å². The van der Waals surface area contributed by atoms with Gasteiger partial charge in [0.05, 0.1) is 0 Å². The Kier molecular flexibility index (Phi) is 6.81. The van der Waals surface area contributed by atoms with E-state index in [0.717, 1.165) is 50.6 Å². The van der Waals surface area contributed by atoms with Crippen LogP contribution in [0.2, 0.25) is 0 Å². The zero-order chi connectivity index (χ0) is 11.6. The van der Waals surface area contributed by atoms with Gasteiger partial charge in [0.15, 0.2) is 0 Å². The Morgan fingerprint density at radius 3 is 2.31 bits per heavy atom. The van der Waals surface area contributed by atoms with Crippen LogP contribution in [-0.2, 0) is 12.8 Å². The van der Waals surface area contributed by atoms with E-state index in [1.807, 2.05) is 0 Å². The van der Waals surface area contributed by atoms with Gasteiger partial charge in [-0.1, -0.05) is 26.7 Å². The molecule has 1 N–H and O–H groups in total. The molecule has 0 atom stereocenters. The molecule has 0 amide bonds. The van der Waals surface area contributed by atoms with Crippen molar-refractivity contribution in [3.8, 4) is 0 Å². The molecule has 16 heavy (non-hydrogen) atoms. The fraction of sp³-hybridized carbons (Fsp3) is 0.833. The molecular formula is C12H23N3O. The second kappa shape index (κ2) is 8.28. The monoisotopic (exact) mass is 225 g/mol. The Morgan fingerprint density at radius 1 is 1.00 bits per heavy atom. The largest absolute Gasteiger partial charge is 0.425 e. The summed E-state index contributed by atoms with van der Waals surface area (Å²) in [5, 5.41) is 11.4. The third kappa shape index (κ3) is 5.26. The molecule has 0 bridgehead atoms. The Balaban J connectivity index is 2.17. The molecule has 0 saturated carbocycles. The molecule has 4 nitrogen and oxygen atoms in total. The van der Waals surface area contributed by atoms with E-state index >= 15 is 0 Å². The summed E-state index contributed by atoms with van der Waals surface area (Å²) in [5.41, 5.74) is 0. The topological polar surface area (TPSA) is 51.0 Å². The standard InChI is InChI=1S/C12H23N3O/c1-3-5-6-8-11-14-15-12(16-11)9-7-10-13-4-2/h13H,3-10H2,1-2H3. The van der Waals surface area contributed by atoms with E-state index in [-0.39, 0.29) is 0 Å². The molecule has 0 aliphatic heterocycles. The minimum atomic E-state index is 0.782. The van der Waals surface area contributed by atoms with Gasteiger partial charge in [-0.2, -0.15) is 0 Å². The predicted molar refractivity (Wildman–Crippen MR) is 64.4 cm³/mol. The van der Waals surface area contributed by atoms with Crippen LogP contribution in [-0.4, -0.2) is 23.3 Å². The molecule has 1 aromatic heterocycles. The fourth-order valence-electron chi connectivity index (χ4n) is 1.56. The van der Waals surface area contributed by atoms with Crippen LogP contribution in [0, 0.1) is 0 Å². The summed E-state index contributed by atoms with van der Waals surface area (Å²) in [5.74, 6) is 1.58. The van der Waals surface area contributed by atoms with E-state index in [1.165, 1.54) is 12.8 Å². The third-order valence-electron chi connectivity index (χ3n) is 2.50. The lowest BCUT2D eigenvalue weighted by Crippen LogP contribution is -2.14. The molecule has 92 valence electrons. The van der Waals surface area contributed by atoms with Gasteiger partial charge in [0.1, 0.15) is 0 Å². The molecule has 1 heterocycles. The van der Waals surface area contributed by atoms with E-state index in [4.69, 9.17) is 4.42 Å². The molecule has 1 aromatic rings. The molecule has 0 fully saturated rings. The minimum Gasteiger partial charge on any atom is -0.425 e. The third-order valence-corrected chi connectivity index (χ3v) is 2.50. The van der Waals surface area contributed by atoms with Gasteiger partial charge < -0.3 is 9.73 Å². The smallest absolute Gasteiger partial charge is 0.216 e. The van der Waals surface area contributed by atoms with Crippen molar-refractivity contribution in [3.63, 3.8) is 0 Å². The summed E-state index contributed by atoms with van der Waals surface area (Å²) in [7, 11) is 0. The first-order chi connectivity index (χ1) is 7.86. The lowest BCUT2D eigenvalue weighted by molar-refractivity contribution is 0.435. The quantitative estimate of drug-likeness (QED) is 0.655. The van der Waals surface area contributed by atoms with Gasteiger partial charge in [0.2, 0.25) is 11.8 Å². The molecule has 0 radical (unpaired) electrons. The van der Waals surface area contributed by atoms with Gasteiger partial charge in [0, 0.05) is 12.8 Å². The van der Waals surface area contributed by atoms with Crippen molar-refractivity contribution in [2.45, 2.75) is 52.4 Å². The minimum absolute atomic E-state index is 0.782. The highest BCUT2D eigenvalue weighted by molar-refractivity contribution is 4.82. The Labute approximate surface area is 97.8 Å². The average molecular weight is 225 g/mol. The van der Waals surface area contributed by atoms with Crippen molar-refractivity contribution < 1.29 is 4.42 Å². The number of hydrogen-bond acceptors (Lipinski definition) is 4. The zero-order valence-electron chi connectivity index (χ0n) is 10.5.